The molecule has 0 unspecified atom stereocenters. The van der Waals surface area contributed by atoms with Gasteiger partial charge < -0.3 is 14.7 Å². The number of likely N-dealkylation sites (tertiary alicyclic amines) is 1. The van der Waals surface area contributed by atoms with Gasteiger partial charge in [-0.1, -0.05) is 18.1 Å². The molecule has 2 atom stereocenters. The van der Waals surface area contributed by atoms with Gasteiger partial charge >= 0.3 is 6.03 Å². The number of nitriles is 1. The summed E-state index contributed by atoms with van der Waals surface area (Å²) in [6.07, 6.45) is 0.945. The molecule has 1 aliphatic carbocycles. The van der Waals surface area contributed by atoms with Crippen molar-refractivity contribution in [1.29, 1.82) is 5.26 Å². The summed E-state index contributed by atoms with van der Waals surface area (Å²) in [7, 11) is 0. The Balaban J connectivity index is 1.40. The number of nitrogens with one attached hydrogen (secondary N) is 1. The van der Waals surface area contributed by atoms with Crippen LogP contribution >= 0.6 is 22.6 Å². The van der Waals surface area contributed by atoms with Crippen molar-refractivity contribution in [2.75, 3.05) is 18.4 Å². The summed E-state index contributed by atoms with van der Waals surface area (Å²) in [6, 6.07) is 7.19. The van der Waals surface area contributed by atoms with Crippen molar-refractivity contribution in [3.8, 4) is 6.07 Å². The van der Waals surface area contributed by atoms with E-state index in [9.17, 15) is 14.4 Å². The van der Waals surface area contributed by atoms with Crippen LogP contribution in [0.1, 0.15) is 49.4 Å². The maximum atomic E-state index is 13.2. The lowest BCUT2D eigenvalue weighted by Gasteiger charge is -2.37. The van der Waals surface area contributed by atoms with E-state index in [0.717, 1.165) is 3.57 Å². The molecular formula is C19H19FIN5O2. The van der Waals surface area contributed by atoms with Gasteiger partial charge in [-0.3, -0.25) is 0 Å². The first-order valence-corrected chi connectivity index (χ1v) is 10.2. The molecule has 1 N–H and O–H groups in total. The SMILES string of the molecule is CC1(c2noc([C@@H]3C[C@@H]3F)n2)CCN(C(=O)Nc2c(I)cccc2C#N)CC1. The number of piperidine rings is 1. The number of alkyl halides is 1. The number of aromatic nitrogens is 2. The van der Waals surface area contributed by atoms with Gasteiger partial charge in [0.05, 0.1) is 17.2 Å². The molecule has 1 aromatic carbocycles. The van der Waals surface area contributed by atoms with E-state index in [4.69, 9.17) is 4.52 Å². The van der Waals surface area contributed by atoms with Crippen LogP contribution in [0.2, 0.25) is 0 Å². The number of nitrogens with zero attached hydrogens (tertiary/aromatic N) is 4. The third-order valence-corrected chi connectivity index (χ3v) is 6.43. The number of halogens is 2. The second-order valence-corrected chi connectivity index (χ2v) is 8.73. The highest BCUT2D eigenvalue weighted by molar-refractivity contribution is 14.1. The summed E-state index contributed by atoms with van der Waals surface area (Å²) in [6.45, 7) is 3.12. The number of anilines is 1. The fourth-order valence-electron chi connectivity index (χ4n) is 3.41. The standard InChI is InChI=1S/C19H19FIN5O2/c1-19(17-24-16(28-25-17)12-9-13(12)20)5-7-26(8-6-19)18(27)23-15-11(10-22)3-2-4-14(15)21/h2-4,12-13H,5-9H2,1H3,(H,23,27)/t12-,13+/m1/s1. The number of para-hydroxylation sites is 1. The van der Waals surface area contributed by atoms with Crippen LogP contribution in [-0.4, -0.2) is 40.3 Å². The van der Waals surface area contributed by atoms with Crippen LogP contribution in [0.3, 0.4) is 0 Å². The van der Waals surface area contributed by atoms with Gasteiger partial charge in [0.25, 0.3) is 0 Å². The molecule has 0 bridgehead atoms. The molecule has 0 spiro atoms. The molecule has 2 fully saturated rings. The summed E-state index contributed by atoms with van der Waals surface area (Å²) in [5.41, 5.74) is 0.669. The molecule has 4 rings (SSSR count). The van der Waals surface area contributed by atoms with Gasteiger partial charge in [0.2, 0.25) is 5.89 Å². The minimum Gasteiger partial charge on any atom is -0.339 e. The quantitative estimate of drug-likeness (QED) is 0.651. The minimum atomic E-state index is -0.870. The molecule has 28 heavy (non-hydrogen) atoms. The molecule has 1 saturated heterocycles. The second-order valence-electron chi connectivity index (χ2n) is 7.57. The predicted octanol–water partition coefficient (Wildman–Crippen LogP) is 3.96. The van der Waals surface area contributed by atoms with E-state index < -0.39 is 6.17 Å². The molecule has 2 amide bonds. The molecule has 1 aliphatic heterocycles. The fourth-order valence-corrected chi connectivity index (χ4v) is 4.04. The zero-order chi connectivity index (χ0) is 19.9. The Morgan fingerprint density at radius 3 is 2.82 bits per heavy atom. The van der Waals surface area contributed by atoms with Crippen LogP contribution in [-0.2, 0) is 5.41 Å². The van der Waals surface area contributed by atoms with Crippen LogP contribution in [0.5, 0.6) is 0 Å². The Bertz CT molecular complexity index is 948. The number of carbonyl (C=O) groups is 1. The number of rotatable bonds is 3. The Kier molecular flexibility index (Phi) is 4.99. The highest BCUT2D eigenvalue weighted by Crippen LogP contribution is 2.43. The van der Waals surface area contributed by atoms with Gasteiger partial charge in [-0.05, 0) is 54.0 Å². The Labute approximate surface area is 175 Å². The van der Waals surface area contributed by atoms with Crippen molar-refractivity contribution in [2.24, 2.45) is 0 Å². The third-order valence-electron chi connectivity index (χ3n) is 5.53. The summed E-state index contributed by atoms with van der Waals surface area (Å²) >= 11 is 2.10. The van der Waals surface area contributed by atoms with E-state index in [0.29, 0.717) is 55.3 Å². The average Bonchev–Trinajstić information content (AvgIpc) is 3.20. The Morgan fingerprint density at radius 2 is 2.18 bits per heavy atom. The molecule has 2 aromatic rings. The normalized spacial score (nSPS) is 23.1. The molecule has 1 aromatic heterocycles. The largest absolute Gasteiger partial charge is 0.339 e. The molecule has 0 radical (unpaired) electrons. The van der Waals surface area contributed by atoms with E-state index in [1.54, 1.807) is 17.0 Å². The molecule has 1 saturated carbocycles. The monoisotopic (exact) mass is 495 g/mol. The average molecular weight is 495 g/mol. The smallest absolute Gasteiger partial charge is 0.321 e. The van der Waals surface area contributed by atoms with Gasteiger partial charge in [-0.15, -0.1) is 0 Å². The number of amides is 2. The molecule has 7 nitrogen and oxygen atoms in total. The van der Waals surface area contributed by atoms with Gasteiger partial charge in [-0.2, -0.15) is 10.2 Å². The van der Waals surface area contributed by atoms with E-state index >= 15 is 0 Å². The van der Waals surface area contributed by atoms with Crippen molar-refractivity contribution >= 4 is 34.3 Å². The summed E-state index contributed by atoms with van der Waals surface area (Å²) in [4.78, 5) is 18.8. The molecule has 146 valence electrons. The zero-order valence-corrected chi connectivity index (χ0v) is 17.4. The lowest BCUT2D eigenvalue weighted by molar-refractivity contribution is 0.169. The maximum absolute atomic E-state index is 13.2. The Hall–Kier alpha value is -2.22. The van der Waals surface area contributed by atoms with Crippen LogP contribution in [0, 0.1) is 14.9 Å². The van der Waals surface area contributed by atoms with E-state index in [2.05, 4.69) is 44.1 Å². The van der Waals surface area contributed by atoms with E-state index in [1.165, 1.54) is 0 Å². The summed E-state index contributed by atoms with van der Waals surface area (Å²) in [5, 5.41) is 16.2. The first kappa shape index (κ1) is 19.1. The van der Waals surface area contributed by atoms with Crippen molar-refractivity contribution in [1.82, 2.24) is 15.0 Å². The molecule has 2 heterocycles. The van der Waals surface area contributed by atoms with Crippen molar-refractivity contribution in [3.05, 3.63) is 39.0 Å². The zero-order valence-electron chi connectivity index (χ0n) is 15.3. The second kappa shape index (κ2) is 7.31. The van der Waals surface area contributed by atoms with Crippen molar-refractivity contribution in [2.45, 2.75) is 43.7 Å². The van der Waals surface area contributed by atoms with Crippen molar-refractivity contribution < 1.29 is 13.7 Å². The molecule has 2 aliphatic rings. The minimum absolute atomic E-state index is 0.227. The van der Waals surface area contributed by atoms with Gasteiger partial charge in [0.15, 0.2) is 5.82 Å². The maximum Gasteiger partial charge on any atom is 0.321 e. The lowest BCUT2D eigenvalue weighted by atomic mass is 9.80. The lowest BCUT2D eigenvalue weighted by Crippen LogP contribution is -2.46. The highest BCUT2D eigenvalue weighted by atomic mass is 127. The van der Waals surface area contributed by atoms with E-state index in [1.807, 2.05) is 13.0 Å². The van der Waals surface area contributed by atoms with Crippen LogP contribution < -0.4 is 5.32 Å². The number of carbonyl (C=O) groups excluding carboxylic acids is 1. The van der Waals surface area contributed by atoms with Crippen LogP contribution in [0.25, 0.3) is 0 Å². The number of urea groups is 1. The Morgan fingerprint density at radius 1 is 1.46 bits per heavy atom. The van der Waals surface area contributed by atoms with E-state index in [-0.39, 0.29) is 17.4 Å². The first-order chi connectivity index (χ1) is 13.4. The molecular weight excluding hydrogens is 476 g/mol. The summed E-state index contributed by atoms with van der Waals surface area (Å²) in [5.74, 6) is 0.719. The summed E-state index contributed by atoms with van der Waals surface area (Å²) < 4.78 is 19.3. The number of benzene rings is 1. The molecule has 9 heteroatoms. The highest BCUT2D eigenvalue weighted by Gasteiger charge is 2.45. The van der Waals surface area contributed by atoms with Crippen molar-refractivity contribution in [3.63, 3.8) is 0 Å². The van der Waals surface area contributed by atoms with Crippen LogP contribution in [0.15, 0.2) is 22.7 Å². The topological polar surface area (TPSA) is 95.1 Å². The van der Waals surface area contributed by atoms with Gasteiger partial charge in [0, 0.05) is 22.1 Å². The first-order valence-electron chi connectivity index (χ1n) is 9.14. The van der Waals surface area contributed by atoms with Gasteiger partial charge in [0.1, 0.15) is 12.2 Å². The van der Waals surface area contributed by atoms with Gasteiger partial charge in [-0.25, -0.2) is 9.18 Å². The van der Waals surface area contributed by atoms with Crippen LogP contribution in [0.4, 0.5) is 14.9 Å². The number of hydrogen-bond donors (Lipinski definition) is 1. The number of hydrogen-bond acceptors (Lipinski definition) is 5. The predicted molar refractivity (Wildman–Crippen MR) is 108 cm³/mol. The fraction of sp³-hybridized carbons (Fsp3) is 0.474. The third kappa shape index (κ3) is 3.57.